The minimum absolute atomic E-state index is 0.00833. The summed E-state index contributed by atoms with van der Waals surface area (Å²) >= 11 is 4.53. The van der Waals surface area contributed by atoms with Gasteiger partial charge in [0.05, 0.1) is 0 Å². The largest absolute Gasteiger partial charge is 0.448 e. The molecule has 1 fully saturated rings. The van der Waals surface area contributed by atoms with Gasteiger partial charge in [0.1, 0.15) is 24.2 Å². The lowest BCUT2D eigenvalue weighted by Gasteiger charge is -2.49. The molecule has 40 heavy (non-hydrogen) atoms. The van der Waals surface area contributed by atoms with Gasteiger partial charge in [0.15, 0.2) is 11.2 Å². The molecule has 2 aromatic carbocycles. The Bertz CT molecular complexity index is 1440. The number of halogens is 1. The van der Waals surface area contributed by atoms with E-state index in [9.17, 15) is 14.4 Å². The van der Waals surface area contributed by atoms with Crippen LogP contribution in [0.2, 0.25) is 0 Å². The van der Waals surface area contributed by atoms with Gasteiger partial charge in [0, 0.05) is 21.7 Å². The number of benzene rings is 2. The molecule has 11 nitrogen and oxygen atoms in total. The number of hydrogen-bond acceptors (Lipinski definition) is 11. The molecule has 1 unspecified atom stereocenters. The molecule has 1 aromatic heterocycles. The molecule has 2 aliphatic rings. The molecule has 206 valence electrons. The van der Waals surface area contributed by atoms with Crippen molar-refractivity contribution in [3.05, 3.63) is 88.9 Å². The predicted octanol–water partition coefficient (Wildman–Crippen LogP) is 2.89. The van der Waals surface area contributed by atoms with Crippen molar-refractivity contribution in [2.45, 2.75) is 17.5 Å². The molecule has 14 heteroatoms. The summed E-state index contributed by atoms with van der Waals surface area (Å²) in [4.78, 5) is 50.3. The van der Waals surface area contributed by atoms with E-state index in [1.54, 1.807) is 0 Å². The molecule has 3 N–H and O–H groups in total. The maximum atomic E-state index is 13.7. The number of alkyl halides is 1. The lowest BCUT2D eigenvalue weighted by molar-refractivity contribution is -0.154. The minimum atomic E-state index is -0.895. The van der Waals surface area contributed by atoms with E-state index >= 15 is 0 Å². The van der Waals surface area contributed by atoms with Crippen LogP contribution < -0.4 is 11.1 Å². The molecule has 3 heterocycles. The quantitative estimate of drug-likeness (QED) is 0.0864. The van der Waals surface area contributed by atoms with Gasteiger partial charge in [-0.2, -0.15) is 9.36 Å². The second-order valence-corrected chi connectivity index (χ2v) is 11.3. The Morgan fingerprint density at radius 2 is 1.82 bits per heavy atom. The molecule has 1 saturated heterocycles. The van der Waals surface area contributed by atoms with E-state index < -0.39 is 35.3 Å². The van der Waals surface area contributed by atoms with E-state index in [1.807, 2.05) is 60.7 Å². The Balaban J connectivity index is 1.37. The normalized spacial score (nSPS) is 18.7. The van der Waals surface area contributed by atoms with Gasteiger partial charge in [-0.05, 0) is 16.7 Å². The van der Waals surface area contributed by atoms with Crippen LogP contribution in [0.1, 0.15) is 23.1 Å². The number of amides is 2. The second-order valence-electron chi connectivity index (χ2n) is 8.63. The van der Waals surface area contributed by atoms with Crippen molar-refractivity contribution in [1.82, 2.24) is 19.6 Å². The van der Waals surface area contributed by atoms with E-state index in [0.29, 0.717) is 10.2 Å². The van der Waals surface area contributed by atoms with Gasteiger partial charge in [0.25, 0.3) is 11.8 Å². The SMILES string of the molecule is CON=C(C(=O)NC1C(=O)N2C(C(=O)OC(c3ccccc3)c3ccccc3)=C(CI)CS[C@H]12)c1nsc(N)n1. The summed E-state index contributed by atoms with van der Waals surface area (Å²) in [7, 11) is 1.28. The fourth-order valence-corrected chi connectivity index (χ4v) is 7.12. The van der Waals surface area contributed by atoms with Crippen molar-refractivity contribution >= 4 is 74.5 Å². The van der Waals surface area contributed by atoms with Gasteiger partial charge < -0.3 is 20.6 Å². The Morgan fingerprint density at radius 3 is 2.38 bits per heavy atom. The molecule has 0 aliphatic carbocycles. The first-order valence-corrected chi connectivity index (χ1v) is 15.3. The highest BCUT2D eigenvalue weighted by Gasteiger charge is 2.55. The zero-order valence-electron chi connectivity index (χ0n) is 21.0. The number of fused-ring (bicyclic) bond motifs is 1. The molecule has 3 aromatic rings. The Labute approximate surface area is 251 Å². The average molecular weight is 691 g/mol. The minimum Gasteiger partial charge on any atom is -0.448 e. The van der Waals surface area contributed by atoms with Gasteiger partial charge in [-0.1, -0.05) is 88.4 Å². The first-order valence-electron chi connectivity index (χ1n) is 12.0. The highest BCUT2D eigenvalue weighted by Crippen LogP contribution is 2.42. The third-order valence-electron chi connectivity index (χ3n) is 6.17. The number of nitrogen functional groups attached to an aromatic ring is 1. The first-order chi connectivity index (χ1) is 19.4. The fourth-order valence-electron chi connectivity index (χ4n) is 4.34. The standard InChI is InChI=1S/C26H23IN6O5S2/c1-37-31-17(21-30-26(28)40-32-21)22(34)29-18-23(35)33-19(16(12-27)13-39-24(18)33)25(36)38-20(14-8-4-2-5-9-14)15-10-6-3-7-11-15/h2-11,18,20,24H,12-13H2,1H3,(H,29,34)(H2,28,30,32)/t18?,24-/m1/s1. The van der Waals surface area contributed by atoms with Crippen LogP contribution in [0.5, 0.6) is 0 Å². The Kier molecular flexibility index (Phi) is 8.66. The number of rotatable bonds is 9. The van der Waals surface area contributed by atoms with Crippen molar-refractivity contribution in [1.29, 1.82) is 0 Å². The zero-order valence-corrected chi connectivity index (χ0v) is 24.8. The number of esters is 1. The van der Waals surface area contributed by atoms with E-state index in [2.05, 4.69) is 42.4 Å². The van der Waals surface area contributed by atoms with Gasteiger partial charge in [-0.25, -0.2) is 4.79 Å². The van der Waals surface area contributed by atoms with Crippen molar-refractivity contribution in [3.8, 4) is 0 Å². The topological polar surface area (TPSA) is 149 Å². The third-order valence-corrected chi connectivity index (χ3v) is 8.97. The highest BCUT2D eigenvalue weighted by molar-refractivity contribution is 14.1. The molecular weight excluding hydrogens is 667 g/mol. The molecule has 2 aliphatic heterocycles. The number of thioether (sulfide) groups is 1. The zero-order chi connectivity index (χ0) is 28.2. The lowest BCUT2D eigenvalue weighted by atomic mass is 10.0. The van der Waals surface area contributed by atoms with E-state index in [-0.39, 0.29) is 22.4 Å². The van der Waals surface area contributed by atoms with Crippen LogP contribution >= 0.6 is 45.9 Å². The van der Waals surface area contributed by atoms with Crippen LogP contribution in [0.25, 0.3) is 0 Å². The number of nitrogens with zero attached hydrogens (tertiary/aromatic N) is 4. The fraction of sp³-hybridized carbons (Fsp3) is 0.231. The number of nitrogens with one attached hydrogen (secondary N) is 1. The average Bonchev–Trinajstić information content (AvgIpc) is 3.42. The van der Waals surface area contributed by atoms with Gasteiger partial charge >= 0.3 is 5.97 Å². The van der Waals surface area contributed by atoms with Gasteiger partial charge in [-0.15, -0.1) is 11.8 Å². The molecular formula is C26H23IN6O5S2. The van der Waals surface area contributed by atoms with Crippen molar-refractivity contribution in [2.75, 3.05) is 23.0 Å². The molecule has 0 spiro atoms. The number of nitrogens with two attached hydrogens (primary N) is 1. The third kappa shape index (κ3) is 5.55. The van der Waals surface area contributed by atoms with Gasteiger partial charge in [-0.3, -0.25) is 14.5 Å². The number of carbonyl (C=O) groups is 3. The van der Waals surface area contributed by atoms with Crippen LogP contribution in [0.15, 0.2) is 77.1 Å². The predicted molar refractivity (Wildman–Crippen MR) is 160 cm³/mol. The number of carbonyl (C=O) groups excluding carboxylic acids is 3. The number of hydrogen-bond donors (Lipinski definition) is 2. The molecule has 2 atom stereocenters. The summed E-state index contributed by atoms with van der Waals surface area (Å²) in [5, 5.41) is 6.06. The summed E-state index contributed by atoms with van der Waals surface area (Å²) in [6.07, 6.45) is -0.663. The number of anilines is 1. The molecule has 0 saturated carbocycles. The van der Waals surface area contributed by atoms with E-state index in [1.165, 1.54) is 23.8 Å². The maximum Gasteiger partial charge on any atom is 0.356 e. The second kappa shape index (κ2) is 12.3. The van der Waals surface area contributed by atoms with Crippen molar-refractivity contribution < 1.29 is 24.0 Å². The molecule has 2 amide bonds. The van der Waals surface area contributed by atoms with Crippen molar-refractivity contribution in [2.24, 2.45) is 5.16 Å². The summed E-state index contributed by atoms with van der Waals surface area (Å²) in [5.41, 5.74) is 8.05. The Hall–Kier alpha value is -3.50. The van der Waals surface area contributed by atoms with Crippen LogP contribution in [0, 0.1) is 0 Å². The van der Waals surface area contributed by atoms with Crippen LogP contribution in [-0.2, 0) is 24.0 Å². The number of ether oxygens (including phenoxy) is 1. The molecule has 5 rings (SSSR count). The molecule has 0 radical (unpaired) electrons. The summed E-state index contributed by atoms with van der Waals surface area (Å²) < 4.78 is 10.6. The van der Waals surface area contributed by atoms with Crippen LogP contribution in [0.3, 0.4) is 0 Å². The number of oxime groups is 1. The lowest BCUT2D eigenvalue weighted by Crippen LogP contribution is -2.71. The number of β-lactam (4-membered cyclic amide) rings is 1. The summed E-state index contributed by atoms with van der Waals surface area (Å²) in [6.45, 7) is 0. The summed E-state index contributed by atoms with van der Waals surface area (Å²) in [6, 6.07) is 18.0. The summed E-state index contributed by atoms with van der Waals surface area (Å²) in [5.74, 6) is -1.24. The Morgan fingerprint density at radius 1 is 1.18 bits per heavy atom. The maximum absolute atomic E-state index is 13.7. The van der Waals surface area contributed by atoms with Crippen molar-refractivity contribution in [3.63, 3.8) is 0 Å². The van der Waals surface area contributed by atoms with Crippen LogP contribution in [0.4, 0.5) is 5.13 Å². The monoisotopic (exact) mass is 690 g/mol. The smallest absolute Gasteiger partial charge is 0.356 e. The van der Waals surface area contributed by atoms with E-state index in [4.69, 9.17) is 15.3 Å². The highest BCUT2D eigenvalue weighted by atomic mass is 127. The van der Waals surface area contributed by atoms with E-state index in [0.717, 1.165) is 28.2 Å². The number of aromatic nitrogens is 2. The van der Waals surface area contributed by atoms with Gasteiger partial charge in [0.2, 0.25) is 11.5 Å². The molecule has 0 bridgehead atoms. The first kappa shape index (κ1) is 28.0. The van der Waals surface area contributed by atoms with Crippen LogP contribution in [-0.4, -0.2) is 66.5 Å².